The average molecular weight is 400 g/mol. The molecule has 0 bridgehead atoms. The molecule has 2 heterocycles. The Hall–Kier alpha value is -1.85. The van der Waals surface area contributed by atoms with E-state index in [0.717, 1.165) is 43.5 Å². The van der Waals surface area contributed by atoms with Gasteiger partial charge < -0.3 is 15.1 Å². The lowest BCUT2D eigenvalue weighted by Crippen LogP contribution is -2.55. The van der Waals surface area contributed by atoms with E-state index in [1.807, 2.05) is 19.4 Å². The van der Waals surface area contributed by atoms with Crippen molar-refractivity contribution in [2.24, 2.45) is 11.3 Å². The Morgan fingerprint density at radius 2 is 1.93 bits per heavy atom. The number of hydrogen-bond acceptors (Lipinski definition) is 5. The van der Waals surface area contributed by atoms with Gasteiger partial charge in [0.05, 0.1) is 13.3 Å². The topological polar surface area (TPSA) is 34.6 Å². The first-order valence-corrected chi connectivity index (χ1v) is 10.6. The highest BCUT2D eigenvalue weighted by Gasteiger charge is 2.28. The van der Waals surface area contributed by atoms with Crippen molar-refractivity contribution in [3.63, 3.8) is 0 Å². The van der Waals surface area contributed by atoms with Crippen molar-refractivity contribution < 1.29 is 0 Å². The van der Waals surface area contributed by atoms with E-state index in [1.165, 1.54) is 6.42 Å². The summed E-state index contributed by atoms with van der Waals surface area (Å²) in [7, 11) is 1.97. The van der Waals surface area contributed by atoms with Gasteiger partial charge in [0, 0.05) is 36.1 Å². The second kappa shape index (κ2) is 9.31. The summed E-state index contributed by atoms with van der Waals surface area (Å²) in [6, 6.07) is 4.16. The molecule has 1 N–H and O–H groups in total. The Morgan fingerprint density at radius 1 is 1.28 bits per heavy atom. The van der Waals surface area contributed by atoms with Gasteiger partial charge in [0.1, 0.15) is 5.82 Å². The fourth-order valence-corrected chi connectivity index (χ4v) is 3.93. The van der Waals surface area contributed by atoms with E-state index in [2.05, 4.69) is 91.8 Å². The first kappa shape index (κ1) is 23.4. The Labute approximate surface area is 178 Å². The third kappa shape index (κ3) is 6.86. The first-order chi connectivity index (χ1) is 13.4. The number of hydrogen-bond donors (Lipinski definition) is 1. The largest absolute Gasteiger partial charge is 0.345 e. The van der Waals surface area contributed by atoms with Crippen LogP contribution in [0.2, 0.25) is 0 Å². The summed E-state index contributed by atoms with van der Waals surface area (Å²) in [5.74, 6) is 1.61. The lowest BCUT2D eigenvalue weighted by atomic mass is 9.85. The van der Waals surface area contributed by atoms with E-state index < -0.39 is 0 Å². The second-order valence-corrected chi connectivity index (χ2v) is 10.3. The van der Waals surface area contributed by atoms with Gasteiger partial charge in [0.2, 0.25) is 0 Å². The summed E-state index contributed by atoms with van der Waals surface area (Å²) in [6.45, 7) is 25.7. The molecule has 2 rings (SSSR count). The van der Waals surface area contributed by atoms with E-state index in [-0.39, 0.29) is 5.54 Å². The minimum atomic E-state index is -0.0244. The summed E-state index contributed by atoms with van der Waals surface area (Å²) in [5, 5.41) is 3.32. The van der Waals surface area contributed by atoms with Crippen molar-refractivity contribution >= 4 is 11.5 Å². The molecule has 1 aliphatic heterocycles. The molecule has 5 nitrogen and oxygen atoms in total. The predicted molar refractivity (Wildman–Crippen MR) is 125 cm³/mol. The van der Waals surface area contributed by atoms with Gasteiger partial charge in [-0.25, -0.2) is 4.98 Å². The van der Waals surface area contributed by atoms with Gasteiger partial charge in [-0.1, -0.05) is 40.9 Å². The summed E-state index contributed by atoms with van der Waals surface area (Å²) in [4.78, 5) is 11.5. The normalized spacial score (nSPS) is 16.3. The molecule has 5 heteroatoms. The van der Waals surface area contributed by atoms with Crippen molar-refractivity contribution in [1.82, 2.24) is 20.1 Å². The van der Waals surface area contributed by atoms with Gasteiger partial charge in [-0.3, -0.25) is 4.90 Å². The number of aromatic nitrogens is 1. The molecule has 29 heavy (non-hydrogen) atoms. The SMILES string of the molecule is C=CN(CC(C)(C)NC)c1ccc(C(=C)N2CN(CC(C)CC(C)(C)C)C2)cn1. The molecule has 0 aromatic carbocycles. The molecule has 1 saturated heterocycles. The fourth-order valence-electron chi connectivity index (χ4n) is 3.93. The highest BCUT2D eigenvalue weighted by atomic mass is 15.5. The Bertz CT molecular complexity index is 680. The van der Waals surface area contributed by atoms with E-state index >= 15 is 0 Å². The number of nitrogens with one attached hydrogen (secondary N) is 1. The van der Waals surface area contributed by atoms with E-state index in [0.29, 0.717) is 11.3 Å². The minimum Gasteiger partial charge on any atom is -0.345 e. The molecular formula is C24H41N5. The number of pyridine rings is 1. The highest BCUT2D eigenvalue weighted by Crippen LogP contribution is 2.28. The van der Waals surface area contributed by atoms with Crippen LogP contribution in [0.25, 0.3) is 5.70 Å². The van der Waals surface area contributed by atoms with Crippen LogP contribution in [0.5, 0.6) is 0 Å². The monoisotopic (exact) mass is 399 g/mol. The van der Waals surface area contributed by atoms with Crippen LogP contribution < -0.4 is 10.2 Å². The van der Waals surface area contributed by atoms with Crippen LogP contribution in [0.3, 0.4) is 0 Å². The Kier molecular flexibility index (Phi) is 7.52. The molecule has 1 aromatic heterocycles. The lowest BCUT2D eigenvalue weighted by molar-refractivity contribution is 0.00366. The summed E-state index contributed by atoms with van der Waals surface area (Å²) >= 11 is 0. The van der Waals surface area contributed by atoms with Crippen molar-refractivity contribution in [1.29, 1.82) is 0 Å². The number of nitrogens with zero attached hydrogens (tertiary/aromatic N) is 4. The summed E-state index contributed by atoms with van der Waals surface area (Å²) < 4.78 is 0. The Morgan fingerprint density at radius 3 is 2.41 bits per heavy atom. The molecule has 1 unspecified atom stereocenters. The standard InChI is InChI=1S/C24H41N5/c1-10-28(16-24(7,8)25-9)22-12-11-21(14-26-22)20(3)29-17-27(18-29)15-19(2)13-23(4,5)6/h10-12,14,19,25H,1,3,13,15-18H2,2,4-9H3. The van der Waals surface area contributed by atoms with Gasteiger partial charge in [-0.15, -0.1) is 0 Å². The molecule has 0 saturated carbocycles. The maximum absolute atomic E-state index is 4.66. The van der Waals surface area contributed by atoms with Crippen LogP contribution >= 0.6 is 0 Å². The minimum absolute atomic E-state index is 0.0244. The zero-order valence-electron chi connectivity index (χ0n) is 19.6. The van der Waals surface area contributed by atoms with Gasteiger partial charge in [-0.05, 0) is 57.0 Å². The third-order valence-electron chi connectivity index (χ3n) is 5.49. The zero-order chi connectivity index (χ0) is 21.8. The molecular weight excluding hydrogens is 358 g/mol. The maximum Gasteiger partial charge on any atom is 0.132 e. The molecule has 1 atom stereocenters. The van der Waals surface area contributed by atoms with Crippen LogP contribution in [0.15, 0.2) is 37.7 Å². The van der Waals surface area contributed by atoms with Crippen LogP contribution in [0.1, 0.15) is 53.5 Å². The van der Waals surface area contributed by atoms with Crippen LogP contribution in [-0.2, 0) is 0 Å². The van der Waals surface area contributed by atoms with Crippen LogP contribution in [-0.4, -0.2) is 53.8 Å². The average Bonchev–Trinajstić information content (AvgIpc) is 2.60. The quantitative estimate of drug-likeness (QED) is 0.622. The second-order valence-electron chi connectivity index (χ2n) is 10.3. The molecule has 162 valence electrons. The van der Waals surface area contributed by atoms with Crippen LogP contribution in [0.4, 0.5) is 5.82 Å². The van der Waals surface area contributed by atoms with E-state index in [4.69, 9.17) is 0 Å². The number of rotatable bonds is 10. The number of likely N-dealkylation sites (N-methyl/N-ethyl adjacent to an activating group) is 1. The molecule has 0 amide bonds. The molecule has 1 fully saturated rings. The third-order valence-corrected chi connectivity index (χ3v) is 5.49. The van der Waals surface area contributed by atoms with Crippen molar-refractivity contribution in [2.45, 2.75) is 53.5 Å². The zero-order valence-corrected chi connectivity index (χ0v) is 19.6. The first-order valence-electron chi connectivity index (χ1n) is 10.6. The fraction of sp³-hybridized carbons (Fsp3) is 0.625. The smallest absolute Gasteiger partial charge is 0.132 e. The molecule has 0 radical (unpaired) electrons. The van der Waals surface area contributed by atoms with E-state index in [9.17, 15) is 0 Å². The molecule has 1 aromatic rings. The van der Waals surface area contributed by atoms with Crippen molar-refractivity contribution in [2.75, 3.05) is 38.4 Å². The van der Waals surface area contributed by atoms with Crippen LogP contribution in [0, 0.1) is 11.3 Å². The summed E-state index contributed by atoms with van der Waals surface area (Å²) in [5.41, 5.74) is 2.49. The maximum atomic E-state index is 4.66. The van der Waals surface area contributed by atoms with Crippen molar-refractivity contribution in [3.8, 4) is 0 Å². The van der Waals surface area contributed by atoms with Gasteiger partial charge in [0.25, 0.3) is 0 Å². The van der Waals surface area contributed by atoms with Gasteiger partial charge >= 0.3 is 0 Å². The lowest BCUT2D eigenvalue weighted by Gasteiger charge is -2.46. The highest BCUT2D eigenvalue weighted by molar-refractivity contribution is 5.63. The van der Waals surface area contributed by atoms with Gasteiger partial charge in [0.15, 0.2) is 0 Å². The number of anilines is 1. The van der Waals surface area contributed by atoms with Gasteiger partial charge in [-0.2, -0.15) is 0 Å². The summed E-state index contributed by atoms with van der Waals surface area (Å²) in [6.07, 6.45) is 5.01. The molecule has 0 aliphatic carbocycles. The molecule has 1 aliphatic rings. The molecule has 0 spiro atoms. The van der Waals surface area contributed by atoms with Crippen molar-refractivity contribution in [3.05, 3.63) is 43.3 Å². The Balaban J connectivity index is 1.89. The predicted octanol–water partition coefficient (Wildman–Crippen LogP) is 4.61. The van der Waals surface area contributed by atoms with E-state index in [1.54, 1.807) is 0 Å².